The number of hydrogen-bond acceptors (Lipinski definition) is 1. The second-order valence-corrected chi connectivity index (χ2v) is 6.04. The van der Waals surface area contributed by atoms with Gasteiger partial charge in [-0.25, -0.2) is 0 Å². The number of hydrogen-bond donors (Lipinski definition) is 1. The molecule has 1 N–H and O–H groups in total. The Kier molecular flexibility index (Phi) is 4.76. The van der Waals surface area contributed by atoms with Crippen LogP contribution in [0.4, 0.5) is 0 Å². The topological polar surface area (TPSA) is 29.1 Å². The largest absolute Gasteiger partial charge is 0.341 e. The first-order chi connectivity index (χ1) is 11.6. The standard InChI is InChI=1S/C22H21NO/c1-16-9-8-13-19(15-16)22(24)23-21(18-11-4-3-5-12-18)20-14-7-6-10-17(20)2/h3-15,21H,1-2H3,(H,23,24)/t21-/m0/s1. The minimum atomic E-state index is -0.166. The van der Waals surface area contributed by atoms with Crippen molar-refractivity contribution in [2.45, 2.75) is 19.9 Å². The molecule has 3 aromatic rings. The molecule has 24 heavy (non-hydrogen) atoms. The van der Waals surface area contributed by atoms with Crippen molar-refractivity contribution < 1.29 is 4.79 Å². The maximum Gasteiger partial charge on any atom is 0.252 e. The van der Waals surface area contributed by atoms with Crippen molar-refractivity contribution in [2.75, 3.05) is 0 Å². The van der Waals surface area contributed by atoms with Crippen molar-refractivity contribution >= 4 is 5.91 Å². The molecule has 3 rings (SSSR count). The monoisotopic (exact) mass is 315 g/mol. The van der Waals surface area contributed by atoms with Crippen LogP contribution < -0.4 is 5.32 Å². The Morgan fingerprint density at radius 1 is 0.833 bits per heavy atom. The van der Waals surface area contributed by atoms with E-state index < -0.39 is 0 Å². The van der Waals surface area contributed by atoms with Crippen molar-refractivity contribution in [2.24, 2.45) is 0 Å². The zero-order chi connectivity index (χ0) is 16.9. The summed E-state index contributed by atoms with van der Waals surface area (Å²) in [7, 11) is 0. The van der Waals surface area contributed by atoms with Crippen molar-refractivity contribution in [1.29, 1.82) is 0 Å². The molecule has 0 aliphatic rings. The molecule has 2 heteroatoms. The quantitative estimate of drug-likeness (QED) is 0.734. The van der Waals surface area contributed by atoms with Crippen molar-refractivity contribution in [1.82, 2.24) is 5.32 Å². The van der Waals surface area contributed by atoms with E-state index in [0.717, 1.165) is 22.3 Å². The van der Waals surface area contributed by atoms with Crippen molar-refractivity contribution in [3.05, 3.63) is 107 Å². The van der Waals surface area contributed by atoms with Crippen LogP contribution >= 0.6 is 0 Å². The molecule has 0 aliphatic carbocycles. The minimum absolute atomic E-state index is 0.0594. The molecule has 0 heterocycles. The summed E-state index contributed by atoms with van der Waals surface area (Å²) in [6.07, 6.45) is 0. The molecule has 2 nitrogen and oxygen atoms in total. The molecule has 0 spiro atoms. The smallest absolute Gasteiger partial charge is 0.252 e. The molecule has 0 unspecified atom stereocenters. The van der Waals surface area contributed by atoms with Gasteiger partial charge < -0.3 is 5.32 Å². The number of carbonyl (C=O) groups excluding carboxylic acids is 1. The highest BCUT2D eigenvalue weighted by atomic mass is 16.1. The Morgan fingerprint density at radius 2 is 1.54 bits per heavy atom. The third kappa shape index (κ3) is 3.54. The van der Waals surface area contributed by atoms with E-state index >= 15 is 0 Å². The number of aryl methyl sites for hydroxylation is 2. The van der Waals surface area contributed by atoms with Crippen LogP contribution in [0.25, 0.3) is 0 Å². The van der Waals surface area contributed by atoms with Crippen LogP contribution in [0.1, 0.15) is 38.7 Å². The van der Waals surface area contributed by atoms with E-state index in [0.29, 0.717) is 5.56 Å². The first-order valence-corrected chi connectivity index (χ1v) is 8.13. The Balaban J connectivity index is 1.97. The summed E-state index contributed by atoms with van der Waals surface area (Å²) in [5, 5.41) is 3.20. The number of amides is 1. The van der Waals surface area contributed by atoms with Crippen LogP contribution in [0, 0.1) is 13.8 Å². The van der Waals surface area contributed by atoms with Crippen molar-refractivity contribution in [3.8, 4) is 0 Å². The summed E-state index contributed by atoms with van der Waals surface area (Å²) in [5.74, 6) is -0.0594. The third-order valence-electron chi connectivity index (χ3n) is 4.19. The lowest BCUT2D eigenvalue weighted by atomic mass is 9.94. The van der Waals surface area contributed by atoms with Crippen LogP contribution in [-0.4, -0.2) is 5.91 Å². The fourth-order valence-corrected chi connectivity index (χ4v) is 2.90. The molecule has 1 amide bonds. The van der Waals surface area contributed by atoms with Gasteiger partial charge in [0, 0.05) is 5.56 Å². The predicted molar refractivity (Wildman–Crippen MR) is 98.1 cm³/mol. The molecular formula is C22H21NO. The van der Waals surface area contributed by atoms with Gasteiger partial charge in [-0.1, -0.05) is 72.3 Å². The summed E-state index contributed by atoms with van der Waals surface area (Å²) in [6.45, 7) is 4.07. The van der Waals surface area contributed by atoms with Crippen LogP contribution in [0.3, 0.4) is 0 Å². The van der Waals surface area contributed by atoms with E-state index in [1.807, 2.05) is 73.7 Å². The molecule has 0 fully saturated rings. The van der Waals surface area contributed by atoms with Crippen LogP contribution in [0.15, 0.2) is 78.9 Å². The molecule has 0 aliphatic heterocycles. The number of nitrogens with one attached hydrogen (secondary N) is 1. The molecule has 0 saturated heterocycles. The van der Waals surface area contributed by atoms with Gasteiger partial charge >= 0.3 is 0 Å². The fraction of sp³-hybridized carbons (Fsp3) is 0.136. The zero-order valence-corrected chi connectivity index (χ0v) is 14.0. The summed E-state index contributed by atoms with van der Waals surface area (Å²) >= 11 is 0. The maximum atomic E-state index is 12.8. The zero-order valence-electron chi connectivity index (χ0n) is 14.0. The summed E-state index contributed by atoms with van der Waals surface area (Å²) in [4.78, 5) is 12.8. The van der Waals surface area contributed by atoms with Gasteiger partial charge in [0.05, 0.1) is 6.04 Å². The first kappa shape index (κ1) is 16.0. The Hall–Kier alpha value is -2.87. The lowest BCUT2D eigenvalue weighted by molar-refractivity contribution is 0.0943. The second kappa shape index (κ2) is 7.14. The lowest BCUT2D eigenvalue weighted by Crippen LogP contribution is -2.29. The Labute approximate surface area is 143 Å². The van der Waals surface area contributed by atoms with Crippen molar-refractivity contribution in [3.63, 3.8) is 0 Å². The average Bonchev–Trinajstić information content (AvgIpc) is 2.61. The van der Waals surface area contributed by atoms with E-state index in [9.17, 15) is 4.79 Å². The van der Waals surface area contributed by atoms with Crippen LogP contribution in [-0.2, 0) is 0 Å². The van der Waals surface area contributed by atoms with Gasteiger partial charge in [-0.2, -0.15) is 0 Å². The molecule has 1 atom stereocenters. The first-order valence-electron chi connectivity index (χ1n) is 8.13. The van der Waals surface area contributed by atoms with Crippen LogP contribution in [0.5, 0.6) is 0 Å². The SMILES string of the molecule is Cc1cccc(C(=O)N[C@@H](c2ccccc2)c2ccccc2C)c1. The van der Waals surface area contributed by atoms with Gasteiger partial charge in [-0.3, -0.25) is 4.79 Å². The Morgan fingerprint density at radius 3 is 2.25 bits per heavy atom. The summed E-state index contributed by atoms with van der Waals surface area (Å²) in [6, 6.07) is 25.8. The number of carbonyl (C=O) groups is 1. The minimum Gasteiger partial charge on any atom is -0.341 e. The highest BCUT2D eigenvalue weighted by Gasteiger charge is 2.19. The summed E-state index contributed by atoms with van der Waals surface area (Å²) < 4.78 is 0. The molecule has 120 valence electrons. The maximum absolute atomic E-state index is 12.8. The summed E-state index contributed by atoms with van der Waals surface area (Å²) in [5.41, 5.74) is 5.12. The third-order valence-corrected chi connectivity index (χ3v) is 4.19. The van der Waals surface area contributed by atoms with E-state index in [1.54, 1.807) is 0 Å². The van der Waals surface area contributed by atoms with E-state index in [-0.39, 0.29) is 11.9 Å². The van der Waals surface area contributed by atoms with Gasteiger partial charge in [-0.05, 0) is 42.7 Å². The molecule has 0 aromatic heterocycles. The van der Waals surface area contributed by atoms with E-state index in [4.69, 9.17) is 0 Å². The fourth-order valence-electron chi connectivity index (χ4n) is 2.90. The molecule has 0 radical (unpaired) electrons. The normalized spacial score (nSPS) is 11.8. The van der Waals surface area contributed by atoms with Gasteiger partial charge in [0.1, 0.15) is 0 Å². The predicted octanol–water partition coefficient (Wildman–Crippen LogP) is 4.82. The average molecular weight is 315 g/mol. The second-order valence-electron chi connectivity index (χ2n) is 6.04. The van der Waals surface area contributed by atoms with E-state index in [2.05, 4.69) is 24.4 Å². The Bertz CT molecular complexity index is 839. The molecule has 0 bridgehead atoms. The van der Waals surface area contributed by atoms with E-state index in [1.165, 1.54) is 0 Å². The lowest BCUT2D eigenvalue weighted by Gasteiger charge is -2.22. The molecular weight excluding hydrogens is 294 g/mol. The highest BCUT2D eigenvalue weighted by Crippen LogP contribution is 2.25. The highest BCUT2D eigenvalue weighted by molar-refractivity contribution is 5.94. The van der Waals surface area contributed by atoms with Gasteiger partial charge in [0.25, 0.3) is 5.91 Å². The van der Waals surface area contributed by atoms with Gasteiger partial charge in [0.15, 0.2) is 0 Å². The molecule has 3 aromatic carbocycles. The van der Waals surface area contributed by atoms with Crippen LogP contribution in [0.2, 0.25) is 0 Å². The van der Waals surface area contributed by atoms with Gasteiger partial charge in [0.2, 0.25) is 0 Å². The van der Waals surface area contributed by atoms with Gasteiger partial charge in [-0.15, -0.1) is 0 Å². The number of benzene rings is 3. The molecule has 0 saturated carbocycles. The number of rotatable bonds is 4.